The van der Waals surface area contributed by atoms with Crippen molar-refractivity contribution in [3.63, 3.8) is 0 Å². The van der Waals surface area contributed by atoms with Gasteiger partial charge in [0, 0.05) is 17.2 Å². The molecule has 0 heterocycles. The fourth-order valence-corrected chi connectivity index (χ4v) is 1.21. The molecule has 0 radical (unpaired) electrons. The largest absolute Gasteiger partial charge is 0.423 e. The highest BCUT2D eigenvalue weighted by Crippen LogP contribution is 2.21. The Morgan fingerprint density at radius 2 is 1.30 bits per heavy atom. The average Bonchev–Trinajstić information content (AvgIpc) is 2.45. The van der Waals surface area contributed by atoms with Gasteiger partial charge in [-0.15, -0.1) is 0 Å². The number of allylic oxidation sites excluding steroid dienone is 2. The third-order valence-electron chi connectivity index (χ3n) is 2.74. The van der Waals surface area contributed by atoms with Gasteiger partial charge in [0.1, 0.15) is 11.5 Å². The van der Waals surface area contributed by atoms with Crippen molar-refractivity contribution >= 4 is 11.9 Å². The van der Waals surface area contributed by atoms with Gasteiger partial charge < -0.3 is 9.47 Å². The van der Waals surface area contributed by atoms with E-state index < -0.39 is 11.9 Å². The van der Waals surface area contributed by atoms with Crippen LogP contribution in [-0.4, -0.2) is 11.9 Å². The SMILES string of the molecule is C/C=C(\C)C(=O)Oc1cccc(OC(=O)/C(C)=C/C)c1. The molecule has 0 bridgehead atoms. The predicted molar refractivity (Wildman–Crippen MR) is 76.6 cm³/mol. The van der Waals surface area contributed by atoms with Crippen LogP contribution in [0.4, 0.5) is 0 Å². The van der Waals surface area contributed by atoms with E-state index in [1.165, 1.54) is 6.07 Å². The second-order valence-electron chi connectivity index (χ2n) is 4.20. The van der Waals surface area contributed by atoms with E-state index >= 15 is 0 Å². The van der Waals surface area contributed by atoms with Crippen LogP contribution in [-0.2, 0) is 9.59 Å². The highest BCUT2D eigenvalue weighted by Gasteiger charge is 2.10. The van der Waals surface area contributed by atoms with Crippen LogP contribution in [0.25, 0.3) is 0 Å². The summed E-state index contributed by atoms with van der Waals surface area (Å²) in [7, 11) is 0. The van der Waals surface area contributed by atoms with E-state index in [9.17, 15) is 9.59 Å². The molecule has 106 valence electrons. The molecule has 20 heavy (non-hydrogen) atoms. The Morgan fingerprint density at radius 3 is 1.65 bits per heavy atom. The Balaban J connectivity index is 2.81. The molecule has 0 fully saturated rings. The maximum absolute atomic E-state index is 11.6. The van der Waals surface area contributed by atoms with Crippen LogP contribution in [0.2, 0.25) is 0 Å². The average molecular weight is 274 g/mol. The van der Waals surface area contributed by atoms with Crippen molar-refractivity contribution in [2.75, 3.05) is 0 Å². The maximum atomic E-state index is 11.6. The van der Waals surface area contributed by atoms with Crippen molar-refractivity contribution in [3.05, 3.63) is 47.6 Å². The number of ether oxygens (including phenoxy) is 2. The lowest BCUT2D eigenvalue weighted by Crippen LogP contribution is -2.10. The molecule has 1 aromatic rings. The molecule has 4 heteroatoms. The Labute approximate surface area is 118 Å². The molecule has 0 atom stereocenters. The van der Waals surface area contributed by atoms with Crippen LogP contribution < -0.4 is 9.47 Å². The molecule has 1 aromatic carbocycles. The smallest absolute Gasteiger partial charge is 0.338 e. The minimum atomic E-state index is -0.430. The molecule has 0 N–H and O–H groups in total. The number of esters is 2. The zero-order valence-corrected chi connectivity index (χ0v) is 12.1. The predicted octanol–water partition coefficient (Wildman–Crippen LogP) is 3.43. The van der Waals surface area contributed by atoms with E-state index in [-0.39, 0.29) is 0 Å². The third-order valence-corrected chi connectivity index (χ3v) is 2.74. The zero-order valence-electron chi connectivity index (χ0n) is 12.1. The molecule has 0 aliphatic carbocycles. The summed E-state index contributed by atoms with van der Waals surface area (Å²) in [5, 5.41) is 0. The molecule has 0 amide bonds. The molecular formula is C16H18O4. The van der Waals surface area contributed by atoms with E-state index in [1.54, 1.807) is 58.0 Å². The van der Waals surface area contributed by atoms with Crippen molar-refractivity contribution < 1.29 is 19.1 Å². The van der Waals surface area contributed by atoms with E-state index in [0.29, 0.717) is 22.6 Å². The summed E-state index contributed by atoms with van der Waals surface area (Å²) < 4.78 is 10.3. The second-order valence-corrected chi connectivity index (χ2v) is 4.20. The van der Waals surface area contributed by atoms with E-state index in [0.717, 1.165) is 0 Å². The van der Waals surface area contributed by atoms with Gasteiger partial charge in [-0.1, -0.05) is 18.2 Å². The van der Waals surface area contributed by atoms with Crippen LogP contribution in [0, 0.1) is 0 Å². The van der Waals surface area contributed by atoms with Crippen molar-refractivity contribution in [2.45, 2.75) is 27.7 Å². The van der Waals surface area contributed by atoms with E-state index in [4.69, 9.17) is 9.47 Å². The van der Waals surface area contributed by atoms with Gasteiger partial charge in [-0.25, -0.2) is 9.59 Å². The lowest BCUT2D eigenvalue weighted by Gasteiger charge is -2.07. The number of rotatable bonds is 4. The van der Waals surface area contributed by atoms with Gasteiger partial charge in [-0.3, -0.25) is 0 Å². The summed E-state index contributed by atoms with van der Waals surface area (Å²) in [5.74, 6) is -0.194. The first-order valence-electron chi connectivity index (χ1n) is 6.28. The van der Waals surface area contributed by atoms with Gasteiger partial charge >= 0.3 is 11.9 Å². The minimum absolute atomic E-state index is 0.333. The Kier molecular flexibility index (Phi) is 5.72. The fourth-order valence-electron chi connectivity index (χ4n) is 1.21. The Bertz CT molecular complexity index is 520. The molecule has 0 spiro atoms. The van der Waals surface area contributed by atoms with Crippen molar-refractivity contribution in [3.8, 4) is 11.5 Å². The fraction of sp³-hybridized carbons (Fsp3) is 0.250. The lowest BCUT2D eigenvalue weighted by atomic mass is 10.3. The molecule has 0 saturated heterocycles. The van der Waals surface area contributed by atoms with Gasteiger partial charge in [0.25, 0.3) is 0 Å². The van der Waals surface area contributed by atoms with Gasteiger partial charge in [-0.05, 0) is 39.8 Å². The van der Waals surface area contributed by atoms with Crippen LogP contribution in [0.3, 0.4) is 0 Å². The lowest BCUT2D eigenvalue weighted by molar-refractivity contribution is -0.130. The quantitative estimate of drug-likeness (QED) is 0.479. The second kappa shape index (κ2) is 7.28. The standard InChI is InChI=1S/C16H18O4/c1-5-11(3)15(17)19-13-8-7-9-14(10-13)20-16(18)12(4)6-2/h5-10H,1-4H3/b11-5+,12-6+. The summed E-state index contributed by atoms with van der Waals surface area (Å²) in [5.41, 5.74) is 1.02. The van der Waals surface area contributed by atoms with Gasteiger partial charge in [0.05, 0.1) is 0 Å². The highest BCUT2D eigenvalue weighted by molar-refractivity contribution is 5.90. The highest BCUT2D eigenvalue weighted by atomic mass is 16.5. The van der Waals surface area contributed by atoms with E-state index in [2.05, 4.69) is 0 Å². The van der Waals surface area contributed by atoms with Crippen LogP contribution in [0.1, 0.15) is 27.7 Å². The van der Waals surface area contributed by atoms with Crippen LogP contribution >= 0.6 is 0 Å². The topological polar surface area (TPSA) is 52.6 Å². The molecule has 0 unspecified atom stereocenters. The molecule has 0 aromatic heterocycles. The third kappa shape index (κ3) is 4.39. The summed E-state index contributed by atoms with van der Waals surface area (Å²) in [4.78, 5) is 23.2. The zero-order chi connectivity index (χ0) is 15.1. The number of hydrogen-bond acceptors (Lipinski definition) is 4. The molecule has 0 aliphatic rings. The first-order valence-corrected chi connectivity index (χ1v) is 6.28. The molecule has 0 aliphatic heterocycles. The molecular weight excluding hydrogens is 256 g/mol. The first-order chi connectivity index (χ1) is 9.47. The normalized spacial score (nSPS) is 12.0. The van der Waals surface area contributed by atoms with Crippen molar-refractivity contribution in [1.29, 1.82) is 0 Å². The van der Waals surface area contributed by atoms with Crippen molar-refractivity contribution in [1.82, 2.24) is 0 Å². The number of hydrogen-bond donors (Lipinski definition) is 0. The minimum Gasteiger partial charge on any atom is -0.423 e. The monoisotopic (exact) mass is 274 g/mol. The Hall–Kier alpha value is -2.36. The summed E-state index contributed by atoms with van der Waals surface area (Å²) in [6.07, 6.45) is 3.34. The summed E-state index contributed by atoms with van der Waals surface area (Å²) >= 11 is 0. The van der Waals surface area contributed by atoms with Gasteiger partial charge in [0.15, 0.2) is 0 Å². The first kappa shape index (κ1) is 15.7. The molecule has 4 nitrogen and oxygen atoms in total. The van der Waals surface area contributed by atoms with Crippen molar-refractivity contribution in [2.24, 2.45) is 0 Å². The number of carbonyl (C=O) groups is 2. The number of benzene rings is 1. The van der Waals surface area contributed by atoms with Crippen LogP contribution in [0.5, 0.6) is 11.5 Å². The summed E-state index contributed by atoms with van der Waals surface area (Å²) in [6, 6.07) is 6.41. The van der Waals surface area contributed by atoms with Gasteiger partial charge in [0.2, 0.25) is 0 Å². The summed E-state index contributed by atoms with van der Waals surface area (Å²) in [6.45, 7) is 6.85. The number of carbonyl (C=O) groups excluding carboxylic acids is 2. The van der Waals surface area contributed by atoms with Gasteiger partial charge in [-0.2, -0.15) is 0 Å². The van der Waals surface area contributed by atoms with E-state index in [1.807, 2.05) is 0 Å². The Morgan fingerprint density at radius 1 is 0.900 bits per heavy atom. The molecule has 1 rings (SSSR count). The maximum Gasteiger partial charge on any atom is 0.338 e. The molecule has 0 saturated carbocycles. The van der Waals surface area contributed by atoms with Crippen LogP contribution in [0.15, 0.2) is 47.6 Å².